The van der Waals surface area contributed by atoms with Crippen molar-refractivity contribution in [2.75, 3.05) is 0 Å². The highest BCUT2D eigenvalue weighted by molar-refractivity contribution is 5.80. The van der Waals surface area contributed by atoms with Gasteiger partial charge in [-0.05, 0) is 44.0 Å². The molecule has 0 aliphatic carbocycles. The molecule has 0 aromatic heterocycles. The van der Waals surface area contributed by atoms with Crippen molar-refractivity contribution in [1.29, 1.82) is 0 Å². The second-order valence-electron chi connectivity index (χ2n) is 5.28. The molecule has 0 aliphatic rings. The van der Waals surface area contributed by atoms with Gasteiger partial charge in [0, 0.05) is 6.54 Å². The van der Waals surface area contributed by atoms with E-state index in [4.69, 9.17) is 4.74 Å². The first-order chi connectivity index (χ1) is 10.0. The SMILES string of the molecule is Cc1cccc(CNC(=O)[C@@H](C)Oc2cccc(C)c2)c1. The summed E-state index contributed by atoms with van der Waals surface area (Å²) in [7, 11) is 0. The van der Waals surface area contributed by atoms with E-state index < -0.39 is 6.10 Å². The lowest BCUT2D eigenvalue weighted by molar-refractivity contribution is -0.127. The third-order valence-electron chi connectivity index (χ3n) is 3.22. The number of carbonyl (C=O) groups is 1. The molecule has 3 heteroatoms. The minimum Gasteiger partial charge on any atom is -0.481 e. The van der Waals surface area contributed by atoms with Gasteiger partial charge in [0.05, 0.1) is 0 Å². The highest BCUT2D eigenvalue weighted by Gasteiger charge is 2.14. The lowest BCUT2D eigenvalue weighted by atomic mass is 10.1. The van der Waals surface area contributed by atoms with Crippen LogP contribution in [0.15, 0.2) is 48.5 Å². The van der Waals surface area contributed by atoms with E-state index in [2.05, 4.69) is 11.4 Å². The maximum atomic E-state index is 12.1. The number of carbonyl (C=O) groups excluding carboxylic acids is 1. The smallest absolute Gasteiger partial charge is 0.261 e. The van der Waals surface area contributed by atoms with E-state index in [1.54, 1.807) is 6.92 Å². The predicted molar refractivity (Wildman–Crippen MR) is 84.3 cm³/mol. The number of rotatable bonds is 5. The van der Waals surface area contributed by atoms with Crippen LogP contribution in [0.2, 0.25) is 0 Å². The van der Waals surface area contributed by atoms with E-state index in [1.807, 2.05) is 56.3 Å². The fourth-order valence-corrected chi connectivity index (χ4v) is 2.10. The minimum atomic E-state index is -0.517. The Balaban J connectivity index is 1.88. The zero-order valence-corrected chi connectivity index (χ0v) is 12.7. The Hall–Kier alpha value is -2.29. The van der Waals surface area contributed by atoms with Crippen LogP contribution < -0.4 is 10.1 Å². The maximum Gasteiger partial charge on any atom is 0.261 e. The van der Waals surface area contributed by atoms with Crippen LogP contribution in [0.4, 0.5) is 0 Å². The average molecular weight is 283 g/mol. The number of hydrogen-bond donors (Lipinski definition) is 1. The monoisotopic (exact) mass is 283 g/mol. The lowest BCUT2D eigenvalue weighted by Gasteiger charge is -2.15. The first-order valence-electron chi connectivity index (χ1n) is 7.11. The van der Waals surface area contributed by atoms with E-state index in [0.717, 1.165) is 11.1 Å². The van der Waals surface area contributed by atoms with E-state index in [-0.39, 0.29) is 5.91 Å². The van der Waals surface area contributed by atoms with Crippen molar-refractivity contribution in [3.8, 4) is 5.75 Å². The fourth-order valence-electron chi connectivity index (χ4n) is 2.10. The van der Waals surface area contributed by atoms with Crippen LogP contribution in [0.5, 0.6) is 5.75 Å². The van der Waals surface area contributed by atoms with Crippen LogP contribution in [0.1, 0.15) is 23.6 Å². The van der Waals surface area contributed by atoms with Crippen LogP contribution in [0, 0.1) is 13.8 Å². The Labute approximate surface area is 126 Å². The van der Waals surface area contributed by atoms with Crippen molar-refractivity contribution in [1.82, 2.24) is 5.32 Å². The number of amides is 1. The third kappa shape index (κ3) is 4.63. The Kier molecular flexibility index (Phi) is 4.99. The molecule has 0 radical (unpaired) electrons. The van der Waals surface area contributed by atoms with Gasteiger partial charge >= 0.3 is 0 Å². The molecule has 0 fully saturated rings. The first kappa shape index (κ1) is 15.1. The predicted octanol–water partition coefficient (Wildman–Crippen LogP) is 3.39. The fraction of sp³-hybridized carbons (Fsp3) is 0.278. The third-order valence-corrected chi connectivity index (χ3v) is 3.22. The second kappa shape index (κ2) is 6.93. The second-order valence-corrected chi connectivity index (χ2v) is 5.28. The summed E-state index contributed by atoms with van der Waals surface area (Å²) in [5.74, 6) is 0.603. The minimum absolute atomic E-state index is 0.113. The van der Waals surface area contributed by atoms with Gasteiger partial charge in [0.1, 0.15) is 5.75 Å². The van der Waals surface area contributed by atoms with Gasteiger partial charge in [0.25, 0.3) is 5.91 Å². The summed E-state index contributed by atoms with van der Waals surface area (Å²) in [6.07, 6.45) is -0.517. The Morgan fingerprint density at radius 2 is 1.76 bits per heavy atom. The molecule has 2 rings (SSSR count). The molecule has 0 unspecified atom stereocenters. The zero-order valence-electron chi connectivity index (χ0n) is 12.7. The van der Waals surface area contributed by atoms with Crippen molar-refractivity contribution in [2.45, 2.75) is 33.4 Å². The summed E-state index contributed by atoms with van der Waals surface area (Å²) in [5, 5.41) is 2.90. The van der Waals surface area contributed by atoms with Crippen LogP contribution >= 0.6 is 0 Å². The van der Waals surface area contributed by atoms with Gasteiger partial charge in [0.15, 0.2) is 6.10 Å². The molecule has 3 nitrogen and oxygen atoms in total. The number of ether oxygens (including phenoxy) is 1. The molecule has 1 amide bonds. The molecule has 110 valence electrons. The largest absolute Gasteiger partial charge is 0.481 e. The molecule has 0 spiro atoms. The van der Waals surface area contributed by atoms with Crippen molar-refractivity contribution < 1.29 is 9.53 Å². The van der Waals surface area contributed by atoms with Gasteiger partial charge in [0.2, 0.25) is 0 Å². The topological polar surface area (TPSA) is 38.3 Å². The van der Waals surface area contributed by atoms with E-state index in [9.17, 15) is 4.79 Å². The average Bonchev–Trinajstić information content (AvgIpc) is 2.45. The molecule has 2 aromatic rings. The normalized spacial score (nSPS) is 11.8. The number of aryl methyl sites for hydroxylation is 2. The highest BCUT2D eigenvalue weighted by atomic mass is 16.5. The molecule has 0 bridgehead atoms. The van der Waals surface area contributed by atoms with Gasteiger partial charge in [-0.3, -0.25) is 4.79 Å². The summed E-state index contributed by atoms with van der Waals surface area (Å²) in [4.78, 5) is 12.1. The molecule has 0 heterocycles. The molecule has 2 aromatic carbocycles. The summed E-state index contributed by atoms with van der Waals surface area (Å²) in [6.45, 7) is 6.31. The maximum absolute atomic E-state index is 12.1. The molecule has 0 saturated heterocycles. The van der Waals surface area contributed by atoms with Gasteiger partial charge in [-0.1, -0.05) is 42.0 Å². The standard InChI is InChI=1S/C18H21NO2/c1-13-6-4-8-16(10-13)12-19-18(20)15(3)21-17-9-5-7-14(2)11-17/h4-11,15H,12H2,1-3H3,(H,19,20)/t15-/m1/s1. The summed E-state index contributed by atoms with van der Waals surface area (Å²) in [6, 6.07) is 15.8. The van der Waals surface area contributed by atoms with Crippen molar-refractivity contribution in [3.63, 3.8) is 0 Å². The molecule has 0 saturated carbocycles. The Bertz CT molecular complexity index is 622. The molecule has 1 atom stereocenters. The van der Waals surface area contributed by atoms with Crippen molar-refractivity contribution >= 4 is 5.91 Å². The number of benzene rings is 2. The molecular formula is C18H21NO2. The zero-order chi connectivity index (χ0) is 15.2. The summed E-state index contributed by atoms with van der Waals surface area (Å²) >= 11 is 0. The van der Waals surface area contributed by atoms with E-state index in [0.29, 0.717) is 12.3 Å². The van der Waals surface area contributed by atoms with Gasteiger partial charge in [-0.15, -0.1) is 0 Å². The van der Waals surface area contributed by atoms with Gasteiger partial charge < -0.3 is 10.1 Å². The molecule has 1 N–H and O–H groups in total. The Morgan fingerprint density at radius 1 is 1.10 bits per heavy atom. The van der Waals surface area contributed by atoms with E-state index >= 15 is 0 Å². The summed E-state index contributed by atoms with van der Waals surface area (Å²) < 4.78 is 5.66. The van der Waals surface area contributed by atoms with Crippen molar-refractivity contribution in [3.05, 3.63) is 65.2 Å². The quantitative estimate of drug-likeness (QED) is 0.913. The first-order valence-corrected chi connectivity index (χ1v) is 7.11. The Morgan fingerprint density at radius 3 is 2.43 bits per heavy atom. The van der Waals surface area contributed by atoms with Crippen molar-refractivity contribution in [2.24, 2.45) is 0 Å². The van der Waals surface area contributed by atoms with Crippen LogP contribution in [0.25, 0.3) is 0 Å². The summed E-state index contributed by atoms with van der Waals surface area (Å²) in [5.41, 5.74) is 3.39. The highest BCUT2D eigenvalue weighted by Crippen LogP contribution is 2.14. The number of hydrogen-bond acceptors (Lipinski definition) is 2. The van der Waals surface area contributed by atoms with E-state index in [1.165, 1.54) is 5.56 Å². The number of nitrogens with one attached hydrogen (secondary N) is 1. The van der Waals surface area contributed by atoms with Gasteiger partial charge in [-0.2, -0.15) is 0 Å². The molecular weight excluding hydrogens is 262 g/mol. The molecule has 0 aliphatic heterocycles. The van der Waals surface area contributed by atoms with Crippen LogP contribution in [-0.2, 0) is 11.3 Å². The van der Waals surface area contributed by atoms with Crippen LogP contribution in [-0.4, -0.2) is 12.0 Å². The molecule has 21 heavy (non-hydrogen) atoms. The van der Waals surface area contributed by atoms with Crippen LogP contribution in [0.3, 0.4) is 0 Å². The lowest BCUT2D eigenvalue weighted by Crippen LogP contribution is -2.35. The van der Waals surface area contributed by atoms with Gasteiger partial charge in [-0.25, -0.2) is 0 Å².